The summed E-state index contributed by atoms with van der Waals surface area (Å²) in [4.78, 5) is 11.3. The summed E-state index contributed by atoms with van der Waals surface area (Å²) in [6.45, 7) is 4.19. The SMILES string of the molecule is CCOC(=O)C=C(CC)c1ccc(Cl)cc1. The molecule has 0 aliphatic heterocycles. The second-order valence-corrected chi connectivity index (χ2v) is 3.72. The van der Waals surface area contributed by atoms with Gasteiger partial charge in [0.2, 0.25) is 0 Å². The van der Waals surface area contributed by atoms with Crippen molar-refractivity contribution in [3.05, 3.63) is 40.9 Å². The fourth-order valence-corrected chi connectivity index (χ4v) is 1.51. The predicted molar refractivity (Wildman–Crippen MR) is 66.4 cm³/mol. The number of rotatable bonds is 4. The van der Waals surface area contributed by atoms with Crippen LogP contribution in [0, 0.1) is 0 Å². The van der Waals surface area contributed by atoms with Crippen LogP contribution in [0.4, 0.5) is 0 Å². The van der Waals surface area contributed by atoms with E-state index in [2.05, 4.69) is 0 Å². The van der Waals surface area contributed by atoms with E-state index in [0.29, 0.717) is 11.6 Å². The Labute approximate surface area is 101 Å². The van der Waals surface area contributed by atoms with Gasteiger partial charge in [-0.3, -0.25) is 0 Å². The molecule has 0 atom stereocenters. The van der Waals surface area contributed by atoms with Crippen molar-refractivity contribution in [3.8, 4) is 0 Å². The van der Waals surface area contributed by atoms with E-state index in [0.717, 1.165) is 17.6 Å². The van der Waals surface area contributed by atoms with Crippen LogP contribution in [0.5, 0.6) is 0 Å². The summed E-state index contributed by atoms with van der Waals surface area (Å²) in [5.74, 6) is -0.297. The molecule has 2 nitrogen and oxygen atoms in total. The van der Waals surface area contributed by atoms with Crippen molar-refractivity contribution in [2.45, 2.75) is 20.3 Å². The van der Waals surface area contributed by atoms with Gasteiger partial charge in [-0.15, -0.1) is 0 Å². The molecule has 0 aliphatic rings. The molecule has 0 N–H and O–H groups in total. The summed E-state index contributed by atoms with van der Waals surface area (Å²) in [5, 5.41) is 0.690. The average Bonchev–Trinajstić information content (AvgIpc) is 2.27. The molecule has 1 aromatic rings. The third kappa shape index (κ3) is 3.70. The van der Waals surface area contributed by atoms with Crippen molar-refractivity contribution in [2.75, 3.05) is 6.61 Å². The van der Waals surface area contributed by atoms with Gasteiger partial charge in [0.1, 0.15) is 0 Å². The third-order valence-electron chi connectivity index (χ3n) is 2.17. The standard InChI is InChI=1S/C13H15ClO2/c1-3-10(9-13(15)16-4-2)11-5-7-12(14)8-6-11/h5-9H,3-4H2,1-2H3. The average molecular weight is 239 g/mol. The number of carbonyl (C=O) groups excluding carboxylic acids is 1. The number of hydrogen-bond acceptors (Lipinski definition) is 2. The highest BCUT2D eigenvalue weighted by Gasteiger charge is 2.03. The van der Waals surface area contributed by atoms with E-state index in [-0.39, 0.29) is 5.97 Å². The summed E-state index contributed by atoms with van der Waals surface area (Å²) < 4.78 is 4.88. The molecule has 0 unspecified atom stereocenters. The second-order valence-electron chi connectivity index (χ2n) is 3.28. The number of allylic oxidation sites excluding steroid dienone is 1. The largest absolute Gasteiger partial charge is 0.463 e. The van der Waals surface area contributed by atoms with Crippen LogP contribution in [-0.4, -0.2) is 12.6 Å². The first-order valence-corrected chi connectivity index (χ1v) is 5.68. The molecule has 0 heterocycles. The van der Waals surface area contributed by atoms with Gasteiger partial charge in [0.25, 0.3) is 0 Å². The zero-order chi connectivity index (χ0) is 12.0. The molecule has 0 aliphatic carbocycles. The molecule has 0 fully saturated rings. The fourth-order valence-electron chi connectivity index (χ4n) is 1.38. The van der Waals surface area contributed by atoms with Crippen molar-refractivity contribution in [1.82, 2.24) is 0 Å². The van der Waals surface area contributed by atoms with Crippen LogP contribution in [0.15, 0.2) is 30.3 Å². The number of hydrogen-bond donors (Lipinski definition) is 0. The van der Waals surface area contributed by atoms with Crippen LogP contribution in [0.3, 0.4) is 0 Å². The smallest absolute Gasteiger partial charge is 0.331 e. The summed E-state index contributed by atoms with van der Waals surface area (Å²) >= 11 is 5.80. The Hall–Kier alpha value is -1.28. The van der Waals surface area contributed by atoms with Gasteiger partial charge in [0.15, 0.2) is 0 Å². The minimum absolute atomic E-state index is 0.297. The number of carbonyl (C=O) groups is 1. The maximum atomic E-state index is 11.3. The number of benzene rings is 1. The molecule has 3 heteroatoms. The lowest BCUT2D eigenvalue weighted by molar-refractivity contribution is -0.137. The highest BCUT2D eigenvalue weighted by Crippen LogP contribution is 2.20. The van der Waals surface area contributed by atoms with E-state index in [4.69, 9.17) is 16.3 Å². The molecular formula is C13H15ClO2. The molecule has 0 aromatic heterocycles. The quantitative estimate of drug-likeness (QED) is 0.591. The van der Waals surface area contributed by atoms with Crippen molar-refractivity contribution in [2.24, 2.45) is 0 Å². The molecule has 0 amide bonds. The molecule has 0 saturated carbocycles. The van der Waals surface area contributed by atoms with Gasteiger partial charge in [0.05, 0.1) is 6.61 Å². The Balaban J connectivity index is 2.89. The van der Waals surface area contributed by atoms with E-state index in [1.807, 2.05) is 31.2 Å². The molecule has 86 valence electrons. The van der Waals surface area contributed by atoms with E-state index >= 15 is 0 Å². The highest BCUT2D eigenvalue weighted by molar-refractivity contribution is 6.30. The first-order valence-electron chi connectivity index (χ1n) is 5.30. The van der Waals surface area contributed by atoms with E-state index < -0.39 is 0 Å². The molecule has 1 aromatic carbocycles. The molecule has 0 radical (unpaired) electrons. The Morgan fingerprint density at radius 3 is 2.44 bits per heavy atom. The summed E-state index contributed by atoms with van der Waals surface area (Å²) in [6.07, 6.45) is 2.31. The summed E-state index contributed by atoms with van der Waals surface area (Å²) in [6, 6.07) is 7.42. The van der Waals surface area contributed by atoms with Crippen molar-refractivity contribution in [1.29, 1.82) is 0 Å². The molecule has 0 spiro atoms. The van der Waals surface area contributed by atoms with Crippen LogP contribution in [-0.2, 0) is 9.53 Å². The minimum Gasteiger partial charge on any atom is -0.463 e. The van der Waals surface area contributed by atoms with Gasteiger partial charge in [-0.1, -0.05) is 30.7 Å². The second kappa shape index (κ2) is 6.33. The van der Waals surface area contributed by atoms with Crippen molar-refractivity contribution in [3.63, 3.8) is 0 Å². The minimum atomic E-state index is -0.297. The number of halogens is 1. The van der Waals surface area contributed by atoms with Gasteiger partial charge < -0.3 is 4.74 Å². The number of esters is 1. The Morgan fingerprint density at radius 2 is 1.94 bits per heavy atom. The first-order chi connectivity index (χ1) is 7.67. The molecular weight excluding hydrogens is 224 g/mol. The molecule has 0 saturated heterocycles. The Kier molecular flexibility index (Phi) is 5.06. The fraction of sp³-hybridized carbons (Fsp3) is 0.308. The van der Waals surface area contributed by atoms with Crippen LogP contribution >= 0.6 is 11.6 Å². The van der Waals surface area contributed by atoms with E-state index in [1.165, 1.54) is 6.08 Å². The highest BCUT2D eigenvalue weighted by atomic mass is 35.5. The first kappa shape index (κ1) is 12.8. The van der Waals surface area contributed by atoms with E-state index in [9.17, 15) is 4.79 Å². The van der Waals surface area contributed by atoms with Gasteiger partial charge in [-0.25, -0.2) is 4.79 Å². The zero-order valence-corrected chi connectivity index (χ0v) is 10.3. The van der Waals surface area contributed by atoms with Crippen molar-refractivity contribution >= 4 is 23.1 Å². The Bertz CT molecular complexity index is 379. The van der Waals surface area contributed by atoms with Crippen LogP contribution in [0.2, 0.25) is 5.02 Å². The summed E-state index contributed by atoms with van der Waals surface area (Å²) in [7, 11) is 0. The van der Waals surface area contributed by atoms with Crippen LogP contribution in [0.1, 0.15) is 25.8 Å². The predicted octanol–water partition coefficient (Wildman–Crippen LogP) is 3.70. The maximum Gasteiger partial charge on any atom is 0.331 e. The van der Waals surface area contributed by atoms with Gasteiger partial charge in [-0.05, 0) is 36.6 Å². The van der Waals surface area contributed by atoms with Crippen LogP contribution in [0.25, 0.3) is 5.57 Å². The van der Waals surface area contributed by atoms with E-state index in [1.54, 1.807) is 6.92 Å². The van der Waals surface area contributed by atoms with Crippen molar-refractivity contribution < 1.29 is 9.53 Å². The molecule has 0 bridgehead atoms. The van der Waals surface area contributed by atoms with Gasteiger partial charge in [0, 0.05) is 11.1 Å². The lowest BCUT2D eigenvalue weighted by atomic mass is 10.0. The topological polar surface area (TPSA) is 26.3 Å². The van der Waals surface area contributed by atoms with Gasteiger partial charge >= 0.3 is 5.97 Å². The zero-order valence-electron chi connectivity index (χ0n) is 9.50. The lowest BCUT2D eigenvalue weighted by Crippen LogP contribution is -2.00. The normalized spacial score (nSPS) is 11.3. The third-order valence-corrected chi connectivity index (χ3v) is 2.43. The Morgan fingerprint density at radius 1 is 1.31 bits per heavy atom. The number of ether oxygens (including phenoxy) is 1. The maximum absolute atomic E-state index is 11.3. The monoisotopic (exact) mass is 238 g/mol. The summed E-state index contributed by atoms with van der Waals surface area (Å²) in [5.41, 5.74) is 1.95. The lowest BCUT2D eigenvalue weighted by Gasteiger charge is -2.05. The van der Waals surface area contributed by atoms with Gasteiger partial charge in [-0.2, -0.15) is 0 Å². The van der Waals surface area contributed by atoms with Crippen LogP contribution < -0.4 is 0 Å². The molecule has 16 heavy (non-hydrogen) atoms. The molecule has 1 rings (SSSR count).